The highest BCUT2D eigenvalue weighted by Gasteiger charge is 2.22. The zero-order chi connectivity index (χ0) is 85.9. The number of nitrogens with zero attached hydrogens (tertiary/aromatic N) is 9. The van der Waals surface area contributed by atoms with Crippen molar-refractivity contribution in [1.29, 1.82) is 0 Å². The third-order valence-corrected chi connectivity index (χ3v) is 24.6. The number of phosphoric acid groups is 1. The van der Waals surface area contributed by atoms with Crippen LogP contribution in [0.2, 0.25) is 0 Å². The lowest BCUT2D eigenvalue weighted by atomic mass is 10.3. The van der Waals surface area contributed by atoms with Crippen LogP contribution in [-0.4, -0.2) is 312 Å². The van der Waals surface area contributed by atoms with Crippen LogP contribution in [0.4, 0.5) is 0 Å². The van der Waals surface area contributed by atoms with Gasteiger partial charge in [0, 0.05) is 0 Å². The highest BCUT2D eigenvalue weighted by Crippen LogP contribution is 2.09. The number of aliphatic carboxylic acids is 6. The van der Waals surface area contributed by atoms with Crippen molar-refractivity contribution in [1.82, 2.24) is 0 Å². The van der Waals surface area contributed by atoms with Crippen molar-refractivity contribution in [2.75, 3.05) is 236 Å². The summed E-state index contributed by atoms with van der Waals surface area (Å²) in [6.07, 6.45) is 0. The van der Waals surface area contributed by atoms with E-state index in [1.54, 1.807) is 0 Å². The smallest absolute Gasteiger partial charge is 0.0870 e. The molecule has 0 amide bonds. The van der Waals surface area contributed by atoms with Crippen molar-refractivity contribution < 1.29 is 119 Å². The maximum atomic E-state index is 8.93. The largest absolute Gasteiger partial charge is 0.822 e. The second-order valence-electron chi connectivity index (χ2n) is 25.6. The van der Waals surface area contributed by atoms with Gasteiger partial charge in [-0.05, 0) is 249 Å². The van der Waals surface area contributed by atoms with Gasteiger partial charge in [0.05, 0.1) is 271 Å². The molecule has 0 aromatic heterocycles. The predicted molar refractivity (Wildman–Crippen MR) is 419 cm³/mol. The van der Waals surface area contributed by atoms with Crippen LogP contribution in [-0.2, 0) is 33.3 Å². The molecule has 0 unspecified atom stereocenters. The number of carboxylic acid groups (broad SMARTS) is 6. The molecule has 26 heteroatoms. The van der Waals surface area contributed by atoms with Crippen molar-refractivity contribution >= 4 is 43.6 Å². The zero-order valence-electron chi connectivity index (χ0n) is 75.5. The maximum Gasteiger partial charge on any atom is 0.0870 e. The summed E-state index contributed by atoms with van der Waals surface area (Å²) in [5.74, 6) is -13.1. The van der Waals surface area contributed by atoms with Crippen molar-refractivity contribution in [3.05, 3.63) is 0 Å². The van der Waals surface area contributed by atoms with Crippen LogP contribution >= 0.6 is 7.82 Å². The standard InChI is InChI=1S/9C8H20N.3C2H2O4.H3O4P/c9*1-5-9(6-2,7-3)8-4;3*3-1(4)2(5)6;1-5(2,3)4/h9*5-8H2,1-4H3;3*(H,3,4)(H,5,6);(H3,1,2,3,4)/q9*+1;;;;/p-9. The minimum Gasteiger partial charge on any atom is -0.822 e. The molecule has 0 atom stereocenters. The van der Waals surface area contributed by atoms with Gasteiger partial charge in [0.15, 0.2) is 0 Å². The molecular formula is C78H180N9O16P. The molecule has 0 aliphatic carbocycles. The number of carboxylic acids is 6. The Labute approximate surface area is 644 Å². The fourth-order valence-electron chi connectivity index (χ4n) is 12.1. The van der Waals surface area contributed by atoms with Crippen molar-refractivity contribution in [3.63, 3.8) is 0 Å². The van der Waals surface area contributed by atoms with E-state index in [4.69, 9.17) is 78.7 Å². The molecule has 0 radical (unpaired) electrons. The monoisotopic (exact) mass is 1530 g/mol. The number of carbonyl (C=O) groups excluding carboxylic acids is 6. The van der Waals surface area contributed by atoms with Crippen molar-refractivity contribution in [3.8, 4) is 0 Å². The molecule has 638 valence electrons. The third kappa shape index (κ3) is 69.1. The van der Waals surface area contributed by atoms with Gasteiger partial charge in [-0.2, -0.15) is 7.82 Å². The average molecular weight is 1530 g/mol. The molecule has 0 spiro atoms. The lowest BCUT2D eigenvalue weighted by molar-refractivity contribution is -0.921. The first-order chi connectivity index (χ1) is 48.1. The second-order valence-corrected chi connectivity index (χ2v) is 26.5. The Bertz CT molecular complexity index is 1410. The Hall–Kier alpha value is -3.43. The Kier molecular flexibility index (Phi) is 98.9. The van der Waals surface area contributed by atoms with E-state index in [1.807, 2.05) is 0 Å². The van der Waals surface area contributed by atoms with E-state index in [9.17, 15) is 0 Å². The lowest BCUT2D eigenvalue weighted by Crippen LogP contribution is -2.47. The molecule has 0 saturated heterocycles. The van der Waals surface area contributed by atoms with Crippen LogP contribution in [0.3, 0.4) is 0 Å². The van der Waals surface area contributed by atoms with Crippen molar-refractivity contribution in [2.45, 2.75) is 249 Å². The fraction of sp³-hybridized carbons (Fsp3) is 0.923. The topological polar surface area (TPSA) is 327 Å². The molecule has 0 rings (SSSR count). The average Bonchev–Trinajstić information content (AvgIpc) is 1.01. The first-order valence-corrected chi connectivity index (χ1v) is 42.2. The molecule has 0 fully saturated rings. The van der Waals surface area contributed by atoms with Crippen LogP contribution in [0.5, 0.6) is 0 Å². The molecule has 25 nitrogen and oxygen atoms in total. The van der Waals surface area contributed by atoms with E-state index in [0.717, 1.165) is 0 Å². The molecule has 104 heavy (non-hydrogen) atoms. The Balaban J connectivity index is -0.0000000787. The number of quaternary nitrogens is 9. The summed E-state index contributed by atoms with van der Waals surface area (Å²) in [7, 11) is -5.39. The van der Waals surface area contributed by atoms with Crippen LogP contribution in [0.25, 0.3) is 0 Å². The van der Waals surface area contributed by atoms with Gasteiger partial charge >= 0.3 is 0 Å². The SMILES string of the molecule is CC[N+](CC)(CC)CC.CC[N+](CC)(CC)CC.CC[N+](CC)(CC)CC.CC[N+](CC)(CC)CC.CC[N+](CC)(CC)CC.CC[N+](CC)(CC)CC.CC[N+](CC)(CC)CC.CC[N+](CC)(CC)CC.CC[N+](CC)(CC)CC.O=C([O-])C(=O)[O-].O=C([O-])C(=O)[O-].O=C([O-])C(=O)[O-].O=P([O-])([O-])[O-]. The first kappa shape index (κ1) is 130. The minimum absolute atomic E-state index is 1.28. The van der Waals surface area contributed by atoms with Gasteiger partial charge in [-0.1, -0.05) is 0 Å². The summed E-state index contributed by atoms with van der Waals surface area (Å²) in [6.45, 7) is 128. The highest BCUT2D eigenvalue weighted by molar-refractivity contribution is 7.40. The van der Waals surface area contributed by atoms with E-state index in [1.165, 1.54) is 276 Å². The molecule has 0 heterocycles. The van der Waals surface area contributed by atoms with Gasteiger partial charge in [0.1, 0.15) is 0 Å². The van der Waals surface area contributed by atoms with Crippen LogP contribution in [0.15, 0.2) is 0 Å². The molecule has 0 aliphatic heterocycles. The molecule has 0 N–H and O–H groups in total. The summed E-state index contributed by atoms with van der Waals surface area (Å²) in [5.41, 5.74) is 0. The number of rotatable bonds is 36. The van der Waals surface area contributed by atoms with Crippen LogP contribution in [0, 0.1) is 0 Å². The van der Waals surface area contributed by atoms with Crippen molar-refractivity contribution in [2.24, 2.45) is 0 Å². The third-order valence-electron chi connectivity index (χ3n) is 24.6. The van der Waals surface area contributed by atoms with Gasteiger partial charge in [0.25, 0.3) is 0 Å². The first-order valence-electron chi connectivity index (χ1n) is 40.8. The quantitative estimate of drug-likeness (QED) is 0.0492. The fourth-order valence-corrected chi connectivity index (χ4v) is 12.1. The number of hydrogen-bond donors (Lipinski definition) is 0. The van der Waals surface area contributed by atoms with Gasteiger partial charge in [0.2, 0.25) is 0 Å². The summed E-state index contributed by atoms with van der Waals surface area (Å²) in [4.78, 5) is 79.2. The molecule has 0 aromatic rings. The molecule has 0 aromatic carbocycles. The normalized spacial score (nSPS) is 11.2. The Morgan fingerprint density at radius 3 is 0.183 bits per heavy atom. The zero-order valence-corrected chi connectivity index (χ0v) is 76.4. The van der Waals surface area contributed by atoms with E-state index in [-0.39, 0.29) is 0 Å². The summed E-state index contributed by atoms with van der Waals surface area (Å²) >= 11 is 0. The maximum absolute atomic E-state index is 8.93. The summed E-state index contributed by atoms with van der Waals surface area (Å²) in [5, 5.41) is 53.6. The number of hydrogen-bond acceptors (Lipinski definition) is 16. The molecule has 0 saturated carbocycles. The molecule has 0 aliphatic rings. The minimum atomic E-state index is -5.39. The van der Waals surface area contributed by atoms with E-state index in [0.29, 0.717) is 0 Å². The van der Waals surface area contributed by atoms with Gasteiger partial charge in [-0.25, -0.2) is 0 Å². The Morgan fingerprint density at radius 2 is 0.183 bits per heavy atom. The van der Waals surface area contributed by atoms with E-state index in [2.05, 4.69) is 249 Å². The van der Waals surface area contributed by atoms with Gasteiger partial charge < -0.3 is 119 Å². The Morgan fingerprint density at radius 1 is 0.154 bits per heavy atom. The molecular weight excluding hydrogens is 1350 g/mol. The lowest BCUT2D eigenvalue weighted by Gasteiger charge is -2.36. The van der Waals surface area contributed by atoms with E-state index < -0.39 is 43.6 Å². The molecule has 0 bridgehead atoms. The van der Waals surface area contributed by atoms with Gasteiger partial charge in [-0.3, -0.25) is 0 Å². The van der Waals surface area contributed by atoms with Crippen LogP contribution < -0.4 is 45.3 Å². The highest BCUT2D eigenvalue weighted by atomic mass is 31.2. The summed E-state index contributed by atoms with van der Waals surface area (Å²) < 4.78 is 20.0. The van der Waals surface area contributed by atoms with Crippen LogP contribution in [0.1, 0.15) is 249 Å². The van der Waals surface area contributed by atoms with E-state index >= 15 is 0 Å². The predicted octanol–water partition coefficient (Wildman–Crippen LogP) is 3.58. The second kappa shape index (κ2) is 79.1. The van der Waals surface area contributed by atoms with Gasteiger partial charge in [-0.15, -0.1) is 0 Å². The summed E-state index contributed by atoms with van der Waals surface area (Å²) in [6, 6.07) is 0. The number of carbonyl (C=O) groups is 6.